The van der Waals surface area contributed by atoms with Crippen molar-refractivity contribution >= 4 is 5.97 Å². The van der Waals surface area contributed by atoms with Gasteiger partial charge in [-0.15, -0.1) is 0 Å². The van der Waals surface area contributed by atoms with Gasteiger partial charge in [-0.1, -0.05) is 6.08 Å². The van der Waals surface area contributed by atoms with Crippen LogP contribution in [0.4, 0.5) is 0 Å². The van der Waals surface area contributed by atoms with E-state index in [1.165, 1.54) is 5.70 Å². The molecule has 1 atom stereocenters. The van der Waals surface area contributed by atoms with Crippen LogP contribution in [0.5, 0.6) is 0 Å². The monoisotopic (exact) mass is 253 g/mol. The molecule has 0 aromatic carbocycles. The number of nitrogens with zero attached hydrogens (tertiary/aromatic N) is 1. The predicted octanol–water partition coefficient (Wildman–Crippen LogP) is 1.96. The maximum atomic E-state index is 11.9. The van der Waals surface area contributed by atoms with Crippen molar-refractivity contribution in [3.8, 4) is 0 Å². The molecule has 1 heterocycles. The van der Waals surface area contributed by atoms with Gasteiger partial charge in [-0.25, -0.2) is 0 Å². The standard InChI is InChI=1S/C14H23NO3/c1-3-18-13(16)14(2)6-4-12(5-7-14)15-8-10-17-11-9-15/h4H,3,5-11H2,1-2H3. The van der Waals surface area contributed by atoms with Gasteiger partial charge in [-0.2, -0.15) is 0 Å². The van der Waals surface area contributed by atoms with Gasteiger partial charge in [0.25, 0.3) is 0 Å². The first-order chi connectivity index (χ1) is 8.65. The minimum Gasteiger partial charge on any atom is -0.466 e. The quantitative estimate of drug-likeness (QED) is 0.721. The largest absolute Gasteiger partial charge is 0.466 e. The lowest BCUT2D eigenvalue weighted by atomic mass is 9.77. The SMILES string of the molecule is CCOC(=O)C1(C)CC=C(N2CCOCC2)CC1. The van der Waals surface area contributed by atoms with Gasteiger partial charge in [-0.05, 0) is 33.1 Å². The van der Waals surface area contributed by atoms with E-state index < -0.39 is 0 Å². The predicted molar refractivity (Wildman–Crippen MR) is 69.1 cm³/mol. The molecule has 4 heteroatoms. The number of morpholine rings is 1. The van der Waals surface area contributed by atoms with Crippen LogP contribution in [-0.4, -0.2) is 43.8 Å². The Morgan fingerprint density at radius 1 is 1.50 bits per heavy atom. The summed E-state index contributed by atoms with van der Waals surface area (Å²) in [4.78, 5) is 14.3. The Bertz CT molecular complexity index is 334. The molecule has 0 bridgehead atoms. The molecule has 18 heavy (non-hydrogen) atoms. The number of hydrogen-bond donors (Lipinski definition) is 0. The van der Waals surface area contributed by atoms with Crippen LogP contribution in [0.1, 0.15) is 33.1 Å². The molecule has 0 amide bonds. The Labute approximate surface area is 109 Å². The van der Waals surface area contributed by atoms with Gasteiger partial charge in [0.05, 0.1) is 25.2 Å². The van der Waals surface area contributed by atoms with Crippen molar-refractivity contribution in [2.24, 2.45) is 5.41 Å². The van der Waals surface area contributed by atoms with Gasteiger partial charge in [-0.3, -0.25) is 4.79 Å². The smallest absolute Gasteiger partial charge is 0.312 e. The van der Waals surface area contributed by atoms with Crippen LogP contribution >= 0.6 is 0 Å². The van der Waals surface area contributed by atoms with E-state index in [9.17, 15) is 4.79 Å². The summed E-state index contributed by atoms with van der Waals surface area (Å²) in [7, 11) is 0. The second kappa shape index (κ2) is 5.74. The number of carbonyl (C=O) groups is 1. The summed E-state index contributed by atoms with van der Waals surface area (Å²) in [6.45, 7) is 7.91. The Morgan fingerprint density at radius 3 is 2.78 bits per heavy atom. The van der Waals surface area contributed by atoms with Crippen molar-refractivity contribution in [3.63, 3.8) is 0 Å². The summed E-state index contributed by atoms with van der Waals surface area (Å²) in [6.07, 6.45) is 4.86. The molecule has 0 spiro atoms. The molecule has 1 saturated heterocycles. The highest BCUT2D eigenvalue weighted by Crippen LogP contribution is 2.37. The third-order valence-electron chi connectivity index (χ3n) is 3.91. The summed E-state index contributed by atoms with van der Waals surface area (Å²) >= 11 is 0. The highest BCUT2D eigenvalue weighted by molar-refractivity contribution is 5.76. The van der Waals surface area contributed by atoms with E-state index in [0.29, 0.717) is 6.61 Å². The second-order valence-electron chi connectivity index (χ2n) is 5.28. The molecule has 0 aromatic heterocycles. The molecule has 2 aliphatic rings. The van der Waals surface area contributed by atoms with E-state index >= 15 is 0 Å². The molecule has 102 valence electrons. The topological polar surface area (TPSA) is 38.8 Å². The number of esters is 1. The Balaban J connectivity index is 1.96. The number of hydrogen-bond acceptors (Lipinski definition) is 4. The van der Waals surface area contributed by atoms with E-state index in [1.54, 1.807) is 0 Å². The zero-order chi connectivity index (χ0) is 13.0. The average molecular weight is 253 g/mol. The van der Waals surface area contributed by atoms with Gasteiger partial charge in [0.2, 0.25) is 0 Å². The lowest BCUT2D eigenvalue weighted by Crippen LogP contribution is -2.39. The van der Waals surface area contributed by atoms with E-state index in [0.717, 1.165) is 45.6 Å². The first kappa shape index (κ1) is 13.4. The molecule has 1 fully saturated rings. The van der Waals surface area contributed by atoms with Crippen LogP contribution in [0, 0.1) is 5.41 Å². The van der Waals surface area contributed by atoms with E-state index in [4.69, 9.17) is 9.47 Å². The fourth-order valence-electron chi connectivity index (χ4n) is 2.58. The Morgan fingerprint density at radius 2 is 2.22 bits per heavy atom. The normalized spacial score (nSPS) is 28.8. The summed E-state index contributed by atoms with van der Waals surface area (Å²) in [5.41, 5.74) is 1.05. The molecule has 0 aromatic rings. The molecular weight excluding hydrogens is 230 g/mol. The van der Waals surface area contributed by atoms with Gasteiger partial charge in [0.15, 0.2) is 0 Å². The summed E-state index contributed by atoms with van der Waals surface area (Å²) in [5.74, 6) is -0.0534. The third-order valence-corrected chi connectivity index (χ3v) is 3.91. The van der Waals surface area contributed by atoms with Crippen LogP contribution in [0.25, 0.3) is 0 Å². The molecule has 4 nitrogen and oxygen atoms in total. The van der Waals surface area contributed by atoms with Crippen molar-refractivity contribution in [3.05, 3.63) is 11.8 Å². The first-order valence-electron chi connectivity index (χ1n) is 6.85. The maximum Gasteiger partial charge on any atom is 0.312 e. The Kier molecular flexibility index (Phi) is 4.27. The number of ether oxygens (including phenoxy) is 2. The van der Waals surface area contributed by atoms with E-state index in [1.807, 2.05) is 13.8 Å². The molecule has 0 N–H and O–H groups in total. The minimum atomic E-state index is -0.328. The first-order valence-corrected chi connectivity index (χ1v) is 6.85. The maximum absolute atomic E-state index is 11.9. The van der Waals surface area contributed by atoms with Crippen LogP contribution < -0.4 is 0 Å². The van der Waals surface area contributed by atoms with Crippen molar-refractivity contribution in [2.45, 2.75) is 33.1 Å². The molecule has 1 unspecified atom stereocenters. The zero-order valence-corrected chi connectivity index (χ0v) is 11.4. The van der Waals surface area contributed by atoms with E-state index in [2.05, 4.69) is 11.0 Å². The molecule has 1 aliphatic heterocycles. The fourth-order valence-corrected chi connectivity index (χ4v) is 2.58. The molecule has 2 rings (SSSR count). The number of carbonyl (C=O) groups excluding carboxylic acids is 1. The average Bonchev–Trinajstić information content (AvgIpc) is 2.41. The van der Waals surface area contributed by atoms with Gasteiger partial charge < -0.3 is 14.4 Å². The lowest BCUT2D eigenvalue weighted by molar-refractivity contribution is -0.155. The van der Waals surface area contributed by atoms with Gasteiger partial charge in [0.1, 0.15) is 0 Å². The van der Waals surface area contributed by atoms with Crippen LogP contribution in [0.15, 0.2) is 11.8 Å². The van der Waals surface area contributed by atoms with Crippen LogP contribution in [-0.2, 0) is 14.3 Å². The number of rotatable bonds is 3. The summed E-state index contributed by atoms with van der Waals surface area (Å²) in [6, 6.07) is 0. The highest BCUT2D eigenvalue weighted by Gasteiger charge is 2.36. The highest BCUT2D eigenvalue weighted by atomic mass is 16.5. The summed E-state index contributed by atoms with van der Waals surface area (Å²) in [5, 5.41) is 0. The molecule has 0 saturated carbocycles. The zero-order valence-electron chi connectivity index (χ0n) is 11.4. The van der Waals surface area contributed by atoms with E-state index in [-0.39, 0.29) is 11.4 Å². The van der Waals surface area contributed by atoms with Crippen molar-refractivity contribution < 1.29 is 14.3 Å². The van der Waals surface area contributed by atoms with Crippen molar-refractivity contribution in [1.29, 1.82) is 0 Å². The molecule has 0 radical (unpaired) electrons. The Hall–Kier alpha value is -1.03. The van der Waals surface area contributed by atoms with Crippen LogP contribution in [0.3, 0.4) is 0 Å². The van der Waals surface area contributed by atoms with Crippen molar-refractivity contribution in [1.82, 2.24) is 4.90 Å². The summed E-state index contributed by atoms with van der Waals surface area (Å²) < 4.78 is 10.5. The second-order valence-corrected chi connectivity index (χ2v) is 5.28. The lowest BCUT2D eigenvalue weighted by Gasteiger charge is -2.37. The third kappa shape index (κ3) is 2.86. The van der Waals surface area contributed by atoms with Gasteiger partial charge >= 0.3 is 5.97 Å². The number of allylic oxidation sites excluding steroid dienone is 2. The van der Waals surface area contributed by atoms with Crippen molar-refractivity contribution in [2.75, 3.05) is 32.9 Å². The van der Waals surface area contributed by atoms with Crippen LogP contribution in [0.2, 0.25) is 0 Å². The molecular formula is C14H23NO3. The molecule has 1 aliphatic carbocycles. The fraction of sp³-hybridized carbons (Fsp3) is 0.786. The van der Waals surface area contributed by atoms with Gasteiger partial charge in [0, 0.05) is 18.8 Å². The minimum absolute atomic E-state index is 0.0534.